The van der Waals surface area contributed by atoms with Crippen molar-refractivity contribution in [2.24, 2.45) is 5.41 Å². The first-order chi connectivity index (χ1) is 19.0. The Morgan fingerprint density at radius 3 is 2.30 bits per heavy atom. The lowest BCUT2D eigenvalue weighted by molar-refractivity contribution is -0.159. The molecule has 1 atom stereocenters. The molecule has 0 saturated carbocycles. The minimum absolute atomic E-state index is 0.0651. The number of rotatable bonds is 2. The van der Waals surface area contributed by atoms with E-state index in [9.17, 15) is 28.8 Å². The monoisotopic (exact) mass is 561 g/mol. The lowest BCUT2D eigenvalue weighted by atomic mass is 9.68. The number of hydrogen-bond acceptors (Lipinski definition) is 7. The minimum Gasteiger partial charge on any atom is -0.367 e. The number of nitrogens with zero attached hydrogens (tertiary/aromatic N) is 4. The number of fused-ring (bicyclic) bond motifs is 4. The van der Waals surface area contributed by atoms with E-state index in [1.807, 2.05) is 11.0 Å². The summed E-state index contributed by atoms with van der Waals surface area (Å²) in [6, 6.07) is 9.42. The van der Waals surface area contributed by atoms with Crippen molar-refractivity contribution in [3.63, 3.8) is 0 Å². The number of hydrogen-bond donors (Lipinski definition) is 1. The molecule has 0 bridgehead atoms. The molecule has 0 radical (unpaired) electrons. The molecule has 3 saturated heterocycles. The van der Waals surface area contributed by atoms with E-state index in [0.29, 0.717) is 29.1 Å². The van der Waals surface area contributed by atoms with Gasteiger partial charge in [0.25, 0.3) is 11.8 Å². The van der Waals surface area contributed by atoms with Gasteiger partial charge in [0.05, 0.1) is 11.7 Å². The molecule has 3 fully saturated rings. The van der Waals surface area contributed by atoms with Crippen LogP contribution in [0.2, 0.25) is 5.02 Å². The van der Waals surface area contributed by atoms with Gasteiger partial charge in [0.1, 0.15) is 5.57 Å². The molecule has 11 nitrogen and oxygen atoms in total. The topological polar surface area (TPSA) is 127 Å². The first-order valence-corrected chi connectivity index (χ1v) is 13.1. The number of halogens is 1. The van der Waals surface area contributed by atoms with Crippen LogP contribution < -0.4 is 15.1 Å². The average molecular weight is 562 g/mol. The number of benzene rings is 2. The molecule has 8 amide bonds. The molecule has 6 rings (SSSR count). The first kappa shape index (κ1) is 25.8. The lowest BCUT2D eigenvalue weighted by Gasteiger charge is -2.50. The van der Waals surface area contributed by atoms with E-state index >= 15 is 0 Å². The zero-order valence-electron chi connectivity index (χ0n) is 21.6. The number of amides is 8. The lowest BCUT2D eigenvalue weighted by Crippen LogP contribution is -2.70. The molecule has 0 aromatic heterocycles. The summed E-state index contributed by atoms with van der Waals surface area (Å²) >= 11 is 5.93. The highest BCUT2D eigenvalue weighted by Crippen LogP contribution is 2.49. The summed E-state index contributed by atoms with van der Waals surface area (Å²) in [4.78, 5) is 83.2. The molecule has 4 heterocycles. The maximum absolute atomic E-state index is 13.6. The third-order valence-corrected chi connectivity index (χ3v) is 8.40. The van der Waals surface area contributed by atoms with Crippen LogP contribution in [-0.2, 0) is 25.6 Å². The second-order valence-electron chi connectivity index (χ2n) is 10.3. The van der Waals surface area contributed by atoms with E-state index in [1.165, 1.54) is 44.4 Å². The van der Waals surface area contributed by atoms with E-state index in [1.54, 1.807) is 12.1 Å². The highest BCUT2D eigenvalue weighted by Gasteiger charge is 2.63. The molecular formula is C28H24ClN5O6. The quantitative estimate of drug-likeness (QED) is 0.339. The molecular weight excluding hydrogens is 538 g/mol. The van der Waals surface area contributed by atoms with E-state index in [4.69, 9.17) is 11.6 Å². The van der Waals surface area contributed by atoms with Gasteiger partial charge in [-0.2, -0.15) is 0 Å². The van der Waals surface area contributed by atoms with Crippen LogP contribution in [0.15, 0.2) is 48.0 Å². The Morgan fingerprint density at radius 1 is 0.950 bits per heavy atom. The molecule has 1 unspecified atom stereocenters. The second-order valence-corrected chi connectivity index (χ2v) is 10.8. The Balaban J connectivity index is 1.40. The van der Waals surface area contributed by atoms with Crippen molar-refractivity contribution in [2.45, 2.75) is 25.3 Å². The fourth-order valence-electron chi connectivity index (χ4n) is 6.28. The summed E-state index contributed by atoms with van der Waals surface area (Å²) in [7, 11) is 2.76. The van der Waals surface area contributed by atoms with Crippen LogP contribution in [-0.4, -0.2) is 72.2 Å². The van der Waals surface area contributed by atoms with E-state index in [2.05, 4.69) is 5.32 Å². The van der Waals surface area contributed by atoms with Crippen LogP contribution in [0.5, 0.6) is 0 Å². The number of urea groups is 2. The summed E-state index contributed by atoms with van der Waals surface area (Å²) in [5, 5.41) is 2.61. The first-order valence-electron chi connectivity index (χ1n) is 12.7. The predicted octanol–water partition coefficient (Wildman–Crippen LogP) is 2.57. The molecule has 2 aromatic carbocycles. The maximum Gasteiger partial charge on any atom is 0.335 e. The molecule has 0 aliphatic carbocycles. The molecule has 204 valence electrons. The number of barbiturate groups is 2. The highest BCUT2D eigenvalue weighted by molar-refractivity contribution is 6.39. The summed E-state index contributed by atoms with van der Waals surface area (Å²) in [5.74, 6) is -2.71. The molecule has 4 aliphatic heterocycles. The normalized spacial score (nSPS) is 23.3. The smallest absolute Gasteiger partial charge is 0.335 e. The Labute approximate surface area is 233 Å². The maximum atomic E-state index is 13.6. The van der Waals surface area contributed by atoms with Crippen LogP contribution >= 0.6 is 11.6 Å². The van der Waals surface area contributed by atoms with Gasteiger partial charge in [0, 0.05) is 31.4 Å². The molecule has 4 aliphatic rings. The van der Waals surface area contributed by atoms with Crippen molar-refractivity contribution < 1.29 is 28.8 Å². The van der Waals surface area contributed by atoms with Crippen LogP contribution in [0.25, 0.3) is 6.08 Å². The van der Waals surface area contributed by atoms with Crippen LogP contribution in [0.1, 0.15) is 24.0 Å². The zero-order valence-corrected chi connectivity index (χ0v) is 22.4. The molecule has 40 heavy (non-hydrogen) atoms. The summed E-state index contributed by atoms with van der Waals surface area (Å²) in [5.41, 5.74) is 0.533. The minimum atomic E-state index is -1.47. The number of carbonyl (C=O) groups excluding carboxylic acids is 6. The fraction of sp³-hybridized carbons (Fsp3) is 0.286. The van der Waals surface area contributed by atoms with E-state index in [-0.39, 0.29) is 17.7 Å². The molecule has 1 N–H and O–H groups in total. The zero-order chi connectivity index (χ0) is 28.5. The Morgan fingerprint density at radius 2 is 1.62 bits per heavy atom. The van der Waals surface area contributed by atoms with Gasteiger partial charge >= 0.3 is 12.1 Å². The average Bonchev–Trinajstić information content (AvgIpc) is 3.44. The van der Waals surface area contributed by atoms with Crippen molar-refractivity contribution in [1.29, 1.82) is 0 Å². The van der Waals surface area contributed by atoms with Gasteiger partial charge in [0.2, 0.25) is 11.8 Å². The molecule has 12 heteroatoms. The number of anilines is 2. The fourth-order valence-corrected chi connectivity index (χ4v) is 6.40. The number of nitrogens with one attached hydrogen (secondary N) is 1. The standard InChI is InChI=1S/C28H24ClN5O6/c1-31-24(37)28(25(38)32(2)27(31)40)14-16-12-15(5-10-20(16)33-11-3-4-21(28)33)13-19-22(35)30-26(39)34(23(19)36)18-8-6-17(29)7-9-18/h5-10,12-13,21H,3-4,11,14H2,1-2H3,(H,30,35,39). The van der Waals surface area contributed by atoms with Gasteiger partial charge in [-0.15, -0.1) is 0 Å². The third kappa shape index (κ3) is 3.57. The number of carbonyl (C=O) groups is 6. The van der Waals surface area contributed by atoms with Crippen molar-refractivity contribution in [3.05, 3.63) is 64.2 Å². The van der Waals surface area contributed by atoms with Crippen molar-refractivity contribution in [3.8, 4) is 0 Å². The Bertz CT molecular complexity index is 1540. The van der Waals surface area contributed by atoms with E-state index < -0.39 is 47.1 Å². The van der Waals surface area contributed by atoms with Crippen molar-refractivity contribution >= 4 is 64.7 Å². The number of imide groups is 4. The van der Waals surface area contributed by atoms with Crippen molar-refractivity contribution in [1.82, 2.24) is 15.1 Å². The largest absolute Gasteiger partial charge is 0.367 e. The molecule has 1 spiro atoms. The molecule has 2 aromatic rings. The van der Waals surface area contributed by atoms with Crippen LogP contribution in [0.3, 0.4) is 0 Å². The Kier molecular flexibility index (Phi) is 5.81. The van der Waals surface area contributed by atoms with Gasteiger partial charge in [-0.25, -0.2) is 14.5 Å². The SMILES string of the molecule is CN1C(=O)N(C)C(=O)C2(Cc3cc(C=C4C(=O)NC(=O)N(c5ccc(Cl)cc5)C4=O)ccc3N3CCCC32)C1=O. The van der Waals surface area contributed by atoms with Gasteiger partial charge in [-0.1, -0.05) is 17.7 Å². The van der Waals surface area contributed by atoms with Crippen LogP contribution in [0, 0.1) is 5.41 Å². The Hall–Kier alpha value is -4.51. The van der Waals surface area contributed by atoms with Gasteiger partial charge < -0.3 is 4.90 Å². The van der Waals surface area contributed by atoms with E-state index in [0.717, 1.165) is 26.8 Å². The van der Waals surface area contributed by atoms with Gasteiger partial charge in [-0.05, 0) is 72.9 Å². The van der Waals surface area contributed by atoms with Crippen LogP contribution in [0.4, 0.5) is 21.0 Å². The van der Waals surface area contributed by atoms with Gasteiger partial charge in [0.15, 0.2) is 5.41 Å². The summed E-state index contributed by atoms with van der Waals surface area (Å²) in [6.07, 6.45) is 2.85. The third-order valence-electron chi connectivity index (χ3n) is 8.15. The summed E-state index contributed by atoms with van der Waals surface area (Å²) < 4.78 is 0. The summed E-state index contributed by atoms with van der Waals surface area (Å²) in [6.45, 7) is 0.640. The highest BCUT2D eigenvalue weighted by atomic mass is 35.5. The van der Waals surface area contributed by atoms with Crippen molar-refractivity contribution in [2.75, 3.05) is 30.4 Å². The second kappa shape index (κ2) is 9.02. The predicted molar refractivity (Wildman–Crippen MR) is 144 cm³/mol. The van der Waals surface area contributed by atoms with Gasteiger partial charge in [-0.3, -0.25) is 34.3 Å².